The van der Waals surface area contributed by atoms with Gasteiger partial charge in [0.1, 0.15) is 28.9 Å². The number of carbonyl (C=O) groups is 3. The molecule has 1 heterocycles. The van der Waals surface area contributed by atoms with Gasteiger partial charge in [-0.2, -0.15) is 13.2 Å². The highest BCUT2D eigenvalue weighted by atomic mass is 19.4. The minimum absolute atomic E-state index is 0.00140. The molecule has 1 saturated heterocycles. The summed E-state index contributed by atoms with van der Waals surface area (Å²) in [7, 11) is 0. The Labute approximate surface area is 191 Å². The van der Waals surface area contributed by atoms with Gasteiger partial charge in [-0.3, -0.25) is 4.79 Å². The van der Waals surface area contributed by atoms with Crippen LogP contribution >= 0.6 is 0 Å². The number of rotatable bonds is 5. The molecule has 3 rings (SSSR count). The third kappa shape index (κ3) is 6.38. The number of benzene rings is 2. The number of halogens is 3. The molecule has 0 radical (unpaired) electrons. The molecule has 4 N–H and O–H groups in total. The van der Waals surface area contributed by atoms with Crippen LogP contribution in [0.5, 0.6) is 17.2 Å². The highest BCUT2D eigenvalue weighted by Gasteiger charge is 2.41. The second-order valence-corrected chi connectivity index (χ2v) is 7.48. The molecule has 34 heavy (non-hydrogen) atoms. The molecular weight excluding hydrogens is 461 g/mol. The molecule has 2 aromatic carbocycles. The van der Waals surface area contributed by atoms with Crippen LogP contribution < -0.4 is 15.4 Å². The summed E-state index contributed by atoms with van der Waals surface area (Å²) < 4.78 is 46.6. The van der Waals surface area contributed by atoms with Crippen LogP contribution in [0.1, 0.15) is 33.6 Å². The Kier molecular flexibility index (Phi) is 7.61. The number of alkyl halides is 3. The average molecular weight is 482 g/mol. The SMILES string of the molecule is O=C(N[C@@H]1CNCCC[C@H]1OC(=O)c1ccc(OC(=O)C(F)(F)F)cc1O)c1ccc(O)cc1. The zero-order valence-electron chi connectivity index (χ0n) is 17.6. The van der Waals surface area contributed by atoms with Crippen LogP contribution in [-0.4, -0.2) is 59.5 Å². The number of aromatic hydroxyl groups is 2. The average Bonchev–Trinajstić information content (AvgIpc) is 2.98. The zero-order valence-corrected chi connectivity index (χ0v) is 17.6. The number of esters is 2. The predicted octanol–water partition coefficient (Wildman–Crippen LogP) is 2.27. The predicted molar refractivity (Wildman–Crippen MR) is 110 cm³/mol. The van der Waals surface area contributed by atoms with Crippen molar-refractivity contribution in [3.8, 4) is 17.2 Å². The van der Waals surface area contributed by atoms with E-state index in [1.54, 1.807) is 0 Å². The van der Waals surface area contributed by atoms with Crippen molar-refractivity contribution in [2.45, 2.75) is 31.2 Å². The number of hydrogen-bond acceptors (Lipinski definition) is 8. The summed E-state index contributed by atoms with van der Waals surface area (Å²) in [6, 6.07) is 7.53. The number of phenols is 2. The maximum absolute atomic E-state index is 12.6. The number of amides is 1. The summed E-state index contributed by atoms with van der Waals surface area (Å²) in [5.41, 5.74) is -0.0682. The molecule has 12 heteroatoms. The number of phenolic OH excluding ortho intramolecular Hbond substituents is 2. The molecule has 1 fully saturated rings. The molecular formula is C22H21F3N2O7. The first-order valence-corrected chi connectivity index (χ1v) is 10.2. The molecule has 0 aliphatic carbocycles. The van der Waals surface area contributed by atoms with Gasteiger partial charge in [-0.05, 0) is 55.8 Å². The Balaban J connectivity index is 1.70. The first kappa shape index (κ1) is 24.8. The molecule has 182 valence electrons. The van der Waals surface area contributed by atoms with Crippen LogP contribution in [0.4, 0.5) is 13.2 Å². The third-order valence-electron chi connectivity index (χ3n) is 4.99. The summed E-state index contributed by atoms with van der Waals surface area (Å²) in [5, 5.41) is 25.3. The van der Waals surface area contributed by atoms with Crippen molar-refractivity contribution >= 4 is 17.8 Å². The number of nitrogens with one attached hydrogen (secondary N) is 2. The smallest absolute Gasteiger partial charge is 0.491 e. The normalized spacial score (nSPS) is 18.4. The highest BCUT2D eigenvalue weighted by molar-refractivity contribution is 5.95. The van der Waals surface area contributed by atoms with Gasteiger partial charge in [0, 0.05) is 18.2 Å². The van der Waals surface area contributed by atoms with Crippen molar-refractivity contribution in [1.82, 2.24) is 10.6 Å². The van der Waals surface area contributed by atoms with Gasteiger partial charge in [-0.1, -0.05) is 0 Å². The fraction of sp³-hybridized carbons (Fsp3) is 0.318. The minimum atomic E-state index is -5.22. The fourth-order valence-electron chi connectivity index (χ4n) is 3.28. The monoisotopic (exact) mass is 482 g/mol. The lowest BCUT2D eigenvalue weighted by atomic mass is 10.1. The highest BCUT2D eigenvalue weighted by Crippen LogP contribution is 2.27. The number of hydrogen-bond donors (Lipinski definition) is 4. The molecule has 0 aromatic heterocycles. The number of ether oxygens (including phenoxy) is 2. The van der Waals surface area contributed by atoms with Crippen molar-refractivity contribution in [2.24, 2.45) is 0 Å². The molecule has 2 atom stereocenters. The molecule has 0 bridgehead atoms. The second-order valence-electron chi connectivity index (χ2n) is 7.48. The second kappa shape index (κ2) is 10.4. The van der Waals surface area contributed by atoms with E-state index in [0.29, 0.717) is 32.0 Å². The van der Waals surface area contributed by atoms with Gasteiger partial charge in [-0.15, -0.1) is 0 Å². The molecule has 1 amide bonds. The van der Waals surface area contributed by atoms with Crippen LogP contribution in [0.25, 0.3) is 0 Å². The Morgan fingerprint density at radius 3 is 2.41 bits per heavy atom. The van der Waals surface area contributed by atoms with Gasteiger partial charge in [0.25, 0.3) is 5.91 Å². The maximum Gasteiger partial charge on any atom is 0.491 e. The van der Waals surface area contributed by atoms with E-state index in [1.165, 1.54) is 24.3 Å². The Bertz CT molecular complexity index is 1060. The van der Waals surface area contributed by atoms with Crippen molar-refractivity contribution in [3.63, 3.8) is 0 Å². The summed E-state index contributed by atoms with van der Waals surface area (Å²) in [5.74, 6) is -5.24. The minimum Gasteiger partial charge on any atom is -0.508 e. The third-order valence-corrected chi connectivity index (χ3v) is 4.99. The van der Waals surface area contributed by atoms with Crippen LogP contribution in [0.3, 0.4) is 0 Å². The molecule has 1 aliphatic rings. The lowest BCUT2D eigenvalue weighted by molar-refractivity contribution is -0.189. The van der Waals surface area contributed by atoms with Crippen molar-refractivity contribution in [2.75, 3.05) is 13.1 Å². The van der Waals surface area contributed by atoms with Crippen LogP contribution in [-0.2, 0) is 9.53 Å². The van der Waals surface area contributed by atoms with Crippen molar-refractivity contribution in [3.05, 3.63) is 53.6 Å². The summed E-state index contributed by atoms with van der Waals surface area (Å²) in [6.07, 6.45) is -4.98. The first-order chi connectivity index (χ1) is 16.0. The lowest BCUT2D eigenvalue weighted by Crippen LogP contribution is -2.49. The van der Waals surface area contributed by atoms with Gasteiger partial charge >= 0.3 is 18.1 Å². The van der Waals surface area contributed by atoms with Gasteiger partial charge in [0.05, 0.1) is 6.04 Å². The van der Waals surface area contributed by atoms with Gasteiger partial charge in [0.2, 0.25) is 0 Å². The summed E-state index contributed by atoms with van der Waals surface area (Å²) in [6.45, 7) is 0.907. The van der Waals surface area contributed by atoms with Crippen LogP contribution in [0.2, 0.25) is 0 Å². The molecule has 9 nitrogen and oxygen atoms in total. The van der Waals surface area contributed by atoms with Crippen LogP contribution in [0.15, 0.2) is 42.5 Å². The molecule has 0 spiro atoms. The topological polar surface area (TPSA) is 134 Å². The molecule has 0 saturated carbocycles. The van der Waals surface area contributed by atoms with E-state index in [9.17, 15) is 37.8 Å². The van der Waals surface area contributed by atoms with E-state index in [4.69, 9.17) is 4.74 Å². The van der Waals surface area contributed by atoms with E-state index in [-0.39, 0.29) is 16.9 Å². The van der Waals surface area contributed by atoms with Crippen molar-refractivity contribution in [1.29, 1.82) is 0 Å². The quantitative estimate of drug-likeness (QED) is 0.377. The van der Waals surface area contributed by atoms with Gasteiger partial charge in [0.15, 0.2) is 0 Å². The zero-order chi connectivity index (χ0) is 24.9. The van der Waals surface area contributed by atoms with Crippen LogP contribution in [0, 0.1) is 0 Å². The Morgan fingerprint density at radius 2 is 1.76 bits per heavy atom. The molecule has 2 aromatic rings. The number of carbonyl (C=O) groups excluding carboxylic acids is 3. The lowest BCUT2D eigenvalue weighted by Gasteiger charge is -2.26. The molecule has 1 aliphatic heterocycles. The Morgan fingerprint density at radius 1 is 1.06 bits per heavy atom. The van der Waals surface area contributed by atoms with Crippen molar-refractivity contribution < 1.29 is 47.2 Å². The van der Waals surface area contributed by atoms with E-state index < -0.39 is 47.7 Å². The fourth-order valence-corrected chi connectivity index (χ4v) is 3.28. The summed E-state index contributed by atoms with van der Waals surface area (Å²) >= 11 is 0. The standard InChI is InChI=1S/C22H21F3N2O7/c23-22(24,25)21(32)33-14-7-8-15(17(29)10-14)20(31)34-18-2-1-9-26-11-16(18)27-19(30)12-3-5-13(28)6-4-12/h3-8,10,16,18,26,28-29H,1-2,9,11H2,(H,27,30)/t16-,18-/m1/s1. The maximum atomic E-state index is 12.6. The first-order valence-electron chi connectivity index (χ1n) is 10.2. The molecule has 0 unspecified atom stereocenters. The Hall–Kier alpha value is -3.80. The summed E-state index contributed by atoms with van der Waals surface area (Å²) in [4.78, 5) is 36.1. The van der Waals surface area contributed by atoms with E-state index in [2.05, 4.69) is 15.4 Å². The van der Waals surface area contributed by atoms with Gasteiger partial charge < -0.3 is 30.3 Å². The van der Waals surface area contributed by atoms with Gasteiger partial charge in [-0.25, -0.2) is 9.59 Å². The van der Waals surface area contributed by atoms with E-state index in [0.717, 1.165) is 12.1 Å². The van der Waals surface area contributed by atoms with E-state index >= 15 is 0 Å². The largest absolute Gasteiger partial charge is 0.508 e. The van der Waals surface area contributed by atoms with E-state index in [1.807, 2.05) is 0 Å².